The zero-order chi connectivity index (χ0) is 12.6. The fraction of sp³-hybridized carbons (Fsp3) is 0.364. The van der Waals surface area contributed by atoms with Gasteiger partial charge < -0.3 is 4.74 Å². The highest BCUT2D eigenvalue weighted by Crippen LogP contribution is 2.08. The average Bonchev–Trinajstić information content (AvgIpc) is 2.55. The number of fused-ring (bicyclic) bond motifs is 1. The zero-order valence-electron chi connectivity index (χ0n) is 9.93. The van der Waals surface area contributed by atoms with Crippen LogP contribution in [0.3, 0.4) is 0 Å². The molecule has 1 N–H and O–H groups in total. The maximum absolute atomic E-state index is 11.8. The van der Waals surface area contributed by atoms with E-state index in [-0.39, 0.29) is 5.69 Å². The summed E-state index contributed by atoms with van der Waals surface area (Å²) in [5.74, 6) is 0. The van der Waals surface area contributed by atoms with E-state index in [2.05, 4.69) is 5.10 Å². The standard InChI is InChI=1S/C11H13N3O3/c1-11(2,3)17-10(16)14-8-6-4-5-7-13(8)9(15)12-14/h4-7H,1-3H3/p+1. The van der Waals surface area contributed by atoms with Crippen molar-refractivity contribution < 1.29 is 13.9 Å². The van der Waals surface area contributed by atoms with Gasteiger partial charge in [-0.15, -0.1) is 5.10 Å². The van der Waals surface area contributed by atoms with Gasteiger partial charge in [0.1, 0.15) is 5.60 Å². The topological polar surface area (TPSA) is 68.2 Å². The van der Waals surface area contributed by atoms with E-state index >= 15 is 0 Å². The van der Waals surface area contributed by atoms with Crippen LogP contribution in [0.5, 0.6) is 0 Å². The van der Waals surface area contributed by atoms with Crippen LogP contribution in [0.15, 0.2) is 29.2 Å². The molecule has 17 heavy (non-hydrogen) atoms. The number of ether oxygens (including phenoxy) is 1. The maximum atomic E-state index is 11.8. The molecular formula is C11H14N3O3+. The van der Waals surface area contributed by atoms with Gasteiger partial charge in [0.2, 0.25) is 0 Å². The second kappa shape index (κ2) is 3.73. The Bertz CT molecular complexity index is 619. The largest absolute Gasteiger partial charge is 0.511 e. The summed E-state index contributed by atoms with van der Waals surface area (Å²) in [6, 6.07) is 5.10. The lowest BCUT2D eigenvalue weighted by atomic mass is 10.2. The minimum Gasteiger partial charge on any atom is -0.429 e. The molecule has 0 bridgehead atoms. The molecular weight excluding hydrogens is 222 g/mol. The van der Waals surface area contributed by atoms with Gasteiger partial charge in [-0.1, -0.05) is 6.07 Å². The summed E-state index contributed by atoms with van der Waals surface area (Å²) in [5.41, 5.74) is -0.553. The van der Waals surface area contributed by atoms with Crippen LogP contribution in [-0.4, -0.2) is 21.5 Å². The summed E-state index contributed by atoms with van der Waals surface area (Å²) in [7, 11) is 0. The maximum Gasteiger partial charge on any atom is 0.511 e. The number of carbonyl (C=O) groups excluding carboxylic acids is 1. The van der Waals surface area contributed by atoms with Crippen LogP contribution >= 0.6 is 0 Å². The lowest BCUT2D eigenvalue weighted by Crippen LogP contribution is -2.36. The Hall–Kier alpha value is -2.11. The van der Waals surface area contributed by atoms with E-state index in [1.54, 1.807) is 45.2 Å². The van der Waals surface area contributed by atoms with Crippen LogP contribution in [0.1, 0.15) is 20.8 Å². The number of H-pyrrole nitrogens is 1. The number of aromatic nitrogens is 3. The third-order valence-corrected chi connectivity index (χ3v) is 2.07. The molecule has 2 aromatic rings. The molecule has 0 fully saturated rings. The summed E-state index contributed by atoms with van der Waals surface area (Å²) >= 11 is 0. The van der Waals surface area contributed by atoms with E-state index in [9.17, 15) is 9.59 Å². The number of nitrogens with one attached hydrogen (secondary N) is 1. The van der Waals surface area contributed by atoms with E-state index in [1.807, 2.05) is 0 Å². The second-order valence-electron chi connectivity index (χ2n) is 4.66. The van der Waals surface area contributed by atoms with Crippen molar-refractivity contribution in [3.8, 4) is 0 Å². The number of carbonyl (C=O) groups is 1. The van der Waals surface area contributed by atoms with Crippen molar-refractivity contribution in [2.24, 2.45) is 0 Å². The molecule has 2 heterocycles. The second-order valence-corrected chi connectivity index (χ2v) is 4.66. The number of aromatic amines is 1. The van der Waals surface area contributed by atoms with Crippen molar-refractivity contribution >= 4 is 11.7 Å². The SMILES string of the molecule is CC(C)(C)OC(=O)n1[nH]c(=O)[n+]2ccccc12. The molecule has 0 aliphatic rings. The minimum atomic E-state index is -0.608. The third-order valence-electron chi connectivity index (χ3n) is 2.07. The Morgan fingerprint density at radius 1 is 1.41 bits per heavy atom. The summed E-state index contributed by atoms with van der Waals surface area (Å²) in [4.78, 5) is 23.4. The molecule has 0 amide bonds. The van der Waals surface area contributed by atoms with Gasteiger partial charge in [0.15, 0.2) is 0 Å². The quantitative estimate of drug-likeness (QED) is 0.684. The fourth-order valence-corrected chi connectivity index (χ4v) is 1.44. The van der Waals surface area contributed by atoms with E-state index in [1.165, 1.54) is 4.40 Å². The smallest absolute Gasteiger partial charge is 0.429 e. The first-order valence-corrected chi connectivity index (χ1v) is 5.23. The summed E-state index contributed by atoms with van der Waals surface area (Å²) in [6.45, 7) is 5.30. The van der Waals surface area contributed by atoms with Crippen LogP contribution in [0.2, 0.25) is 0 Å². The summed E-state index contributed by atoms with van der Waals surface area (Å²) in [5, 5.41) is 2.42. The van der Waals surface area contributed by atoms with Gasteiger partial charge in [-0.25, -0.2) is 9.59 Å². The molecule has 6 heteroatoms. The van der Waals surface area contributed by atoms with Gasteiger partial charge in [-0.3, -0.25) is 0 Å². The first kappa shape index (κ1) is 11.4. The van der Waals surface area contributed by atoms with E-state index in [4.69, 9.17) is 4.74 Å². The van der Waals surface area contributed by atoms with Gasteiger partial charge in [0, 0.05) is 6.07 Å². The van der Waals surface area contributed by atoms with Crippen molar-refractivity contribution in [2.45, 2.75) is 26.4 Å². The first-order chi connectivity index (χ1) is 7.88. The predicted molar refractivity (Wildman–Crippen MR) is 59.8 cm³/mol. The summed E-state index contributed by atoms with van der Waals surface area (Å²) < 4.78 is 7.61. The Kier molecular flexibility index (Phi) is 2.49. The van der Waals surface area contributed by atoms with Crippen molar-refractivity contribution in [3.05, 3.63) is 34.9 Å². The molecule has 0 unspecified atom stereocenters. The van der Waals surface area contributed by atoms with Crippen LogP contribution in [0.4, 0.5) is 4.79 Å². The van der Waals surface area contributed by atoms with E-state index < -0.39 is 11.7 Å². The number of hydrogen-bond acceptors (Lipinski definition) is 3. The van der Waals surface area contributed by atoms with Gasteiger partial charge in [-0.05, 0) is 31.5 Å². The Balaban J connectivity index is 2.50. The highest BCUT2D eigenvalue weighted by molar-refractivity contribution is 5.73. The van der Waals surface area contributed by atoms with E-state index in [0.717, 1.165) is 4.68 Å². The van der Waals surface area contributed by atoms with Gasteiger partial charge in [0.05, 0.1) is 6.20 Å². The number of rotatable bonds is 0. The van der Waals surface area contributed by atoms with Gasteiger partial charge in [-0.2, -0.15) is 4.40 Å². The normalized spacial score (nSPS) is 11.7. The molecule has 0 spiro atoms. The molecule has 2 rings (SSSR count). The monoisotopic (exact) mass is 236 g/mol. The van der Waals surface area contributed by atoms with Crippen molar-refractivity contribution in [1.29, 1.82) is 0 Å². The number of pyridine rings is 1. The van der Waals surface area contributed by atoms with Crippen molar-refractivity contribution in [2.75, 3.05) is 0 Å². The highest BCUT2D eigenvalue weighted by Gasteiger charge is 2.26. The fourth-order valence-electron chi connectivity index (χ4n) is 1.44. The molecule has 0 aliphatic heterocycles. The molecule has 0 saturated heterocycles. The minimum absolute atomic E-state index is 0.383. The molecule has 2 aromatic heterocycles. The number of hydrogen-bond donors (Lipinski definition) is 1. The molecule has 0 atom stereocenters. The van der Waals surface area contributed by atoms with Crippen LogP contribution in [-0.2, 0) is 4.74 Å². The van der Waals surface area contributed by atoms with Crippen molar-refractivity contribution in [1.82, 2.24) is 9.78 Å². The molecule has 6 nitrogen and oxygen atoms in total. The average molecular weight is 236 g/mol. The molecule has 0 aromatic carbocycles. The lowest BCUT2D eigenvalue weighted by molar-refractivity contribution is -0.529. The Morgan fingerprint density at radius 2 is 2.12 bits per heavy atom. The lowest BCUT2D eigenvalue weighted by Gasteiger charge is -2.16. The molecule has 90 valence electrons. The van der Waals surface area contributed by atoms with E-state index in [0.29, 0.717) is 5.65 Å². The van der Waals surface area contributed by atoms with Crippen LogP contribution in [0.25, 0.3) is 5.65 Å². The molecule has 0 aliphatic carbocycles. The van der Waals surface area contributed by atoms with Crippen LogP contribution < -0.4 is 10.1 Å². The first-order valence-electron chi connectivity index (χ1n) is 5.23. The highest BCUT2D eigenvalue weighted by atomic mass is 16.6. The van der Waals surface area contributed by atoms with Crippen molar-refractivity contribution in [3.63, 3.8) is 0 Å². The Labute approximate surface area is 97.4 Å². The Morgan fingerprint density at radius 3 is 2.76 bits per heavy atom. The predicted octanol–water partition coefficient (Wildman–Crippen LogP) is 0.698. The van der Waals surface area contributed by atoms with Gasteiger partial charge in [0.25, 0.3) is 5.65 Å². The number of nitrogens with zero attached hydrogens (tertiary/aromatic N) is 2. The van der Waals surface area contributed by atoms with Gasteiger partial charge >= 0.3 is 11.8 Å². The zero-order valence-corrected chi connectivity index (χ0v) is 9.93. The summed E-state index contributed by atoms with van der Waals surface area (Å²) in [6.07, 6.45) is 0.970. The third kappa shape index (κ3) is 2.20. The molecule has 0 saturated carbocycles. The van der Waals surface area contributed by atoms with Crippen LogP contribution in [0, 0.1) is 0 Å². The molecule has 0 radical (unpaired) electrons.